The maximum Gasteiger partial charge on any atom is 0.244 e. The molecule has 7 heteroatoms. The number of aryl methyl sites for hydroxylation is 4. The molecule has 1 atom stereocenters. The number of nitrogens with zero attached hydrogens (tertiary/aromatic N) is 1. The number of nitrogens with one attached hydrogen (secondary N) is 2. The van der Waals surface area contributed by atoms with Gasteiger partial charge in [0.05, 0.1) is 11.4 Å². The van der Waals surface area contributed by atoms with Crippen molar-refractivity contribution in [3.63, 3.8) is 0 Å². The molecule has 0 spiro atoms. The highest BCUT2D eigenvalue weighted by atomic mass is 32.2. The lowest BCUT2D eigenvalue weighted by molar-refractivity contribution is 0.496. The van der Waals surface area contributed by atoms with E-state index in [1.807, 2.05) is 19.9 Å². The van der Waals surface area contributed by atoms with E-state index in [2.05, 4.69) is 14.9 Å². The summed E-state index contributed by atoms with van der Waals surface area (Å²) in [6.45, 7) is 8.80. The van der Waals surface area contributed by atoms with Crippen LogP contribution in [0.1, 0.15) is 41.4 Å². The molecule has 0 radical (unpaired) electrons. The number of hydrogen-bond donors (Lipinski definition) is 2. The smallest absolute Gasteiger partial charge is 0.244 e. The van der Waals surface area contributed by atoms with E-state index in [4.69, 9.17) is 4.42 Å². The number of sulfonamides is 1. The van der Waals surface area contributed by atoms with Gasteiger partial charge >= 0.3 is 0 Å². The first-order chi connectivity index (χ1) is 9.22. The van der Waals surface area contributed by atoms with Crippen molar-refractivity contribution in [2.45, 2.75) is 45.6 Å². The Bertz CT molecular complexity index is 709. The van der Waals surface area contributed by atoms with Crippen molar-refractivity contribution in [2.75, 3.05) is 0 Å². The fourth-order valence-electron chi connectivity index (χ4n) is 2.37. The van der Waals surface area contributed by atoms with E-state index < -0.39 is 10.0 Å². The van der Waals surface area contributed by atoms with Crippen molar-refractivity contribution in [1.29, 1.82) is 0 Å². The number of aromatic nitrogens is 2. The minimum absolute atomic E-state index is 0.210. The number of furan rings is 1. The lowest BCUT2D eigenvalue weighted by Gasteiger charge is -2.13. The van der Waals surface area contributed by atoms with Gasteiger partial charge in [-0.15, -0.1) is 0 Å². The minimum atomic E-state index is -3.62. The van der Waals surface area contributed by atoms with E-state index in [1.165, 1.54) is 0 Å². The first-order valence-corrected chi connectivity index (χ1v) is 7.81. The van der Waals surface area contributed by atoms with Crippen molar-refractivity contribution in [1.82, 2.24) is 14.9 Å². The quantitative estimate of drug-likeness (QED) is 0.906. The van der Waals surface area contributed by atoms with Gasteiger partial charge in [-0.05, 0) is 40.7 Å². The monoisotopic (exact) mass is 297 g/mol. The van der Waals surface area contributed by atoms with Crippen LogP contribution in [0.5, 0.6) is 0 Å². The van der Waals surface area contributed by atoms with Crippen molar-refractivity contribution in [2.24, 2.45) is 0 Å². The van der Waals surface area contributed by atoms with Crippen molar-refractivity contribution in [3.05, 3.63) is 34.5 Å². The Morgan fingerprint density at radius 1 is 1.30 bits per heavy atom. The molecule has 0 bridgehead atoms. The van der Waals surface area contributed by atoms with Crippen LogP contribution >= 0.6 is 0 Å². The number of aromatic amines is 1. The molecule has 0 fully saturated rings. The molecule has 0 aliphatic rings. The highest BCUT2D eigenvalue weighted by molar-refractivity contribution is 7.89. The highest BCUT2D eigenvalue weighted by Gasteiger charge is 2.25. The number of rotatable bonds is 4. The van der Waals surface area contributed by atoms with Crippen LogP contribution in [0, 0.1) is 27.7 Å². The zero-order valence-corrected chi connectivity index (χ0v) is 13.1. The van der Waals surface area contributed by atoms with Gasteiger partial charge in [0, 0.05) is 11.6 Å². The van der Waals surface area contributed by atoms with Crippen LogP contribution in [0.4, 0.5) is 0 Å². The second-order valence-electron chi connectivity index (χ2n) is 4.97. The van der Waals surface area contributed by atoms with Crippen molar-refractivity contribution >= 4 is 10.0 Å². The zero-order chi connectivity index (χ0) is 15.1. The summed E-state index contributed by atoms with van der Waals surface area (Å²) in [6, 6.07) is 1.48. The molecule has 110 valence electrons. The zero-order valence-electron chi connectivity index (χ0n) is 12.2. The van der Waals surface area contributed by atoms with Crippen LogP contribution in [0.3, 0.4) is 0 Å². The first-order valence-electron chi connectivity index (χ1n) is 6.33. The van der Waals surface area contributed by atoms with Crippen LogP contribution in [0.15, 0.2) is 15.4 Å². The summed E-state index contributed by atoms with van der Waals surface area (Å²) in [6.07, 6.45) is 0. The average molecular weight is 297 g/mol. The Balaban J connectivity index is 2.32. The van der Waals surface area contributed by atoms with Gasteiger partial charge in [0.25, 0.3) is 0 Å². The molecule has 0 saturated heterocycles. The third-order valence-corrected chi connectivity index (χ3v) is 5.01. The Kier molecular flexibility index (Phi) is 3.75. The standard InChI is InChI=1S/C13H19N3O3S/c1-7-6-12(11(5)19-7)8(2)16-20(17,18)13-9(3)14-15-10(13)4/h6,8,16H,1-5H3,(H,14,15). The van der Waals surface area contributed by atoms with Crippen LogP contribution in [-0.4, -0.2) is 18.6 Å². The summed E-state index contributed by atoms with van der Waals surface area (Å²) in [4.78, 5) is 0.210. The SMILES string of the molecule is Cc1cc(C(C)NS(=O)(=O)c2c(C)n[nH]c2C)c(C)o1. The molecular formula is C13H19N3O3S. The lowest BCUT2D eigenvalue weighted by Crippen LogP contribution is -2.27. The summed E-state index contributed by atoms with van der Waals surface area (Å²) in [5.74, 6) is 1.48. The molecule has 0 saturated carbocycles. The maximum absolute atomic E-state index is 12.4. The highest BCUT2D eigenvalue weighted by Crippen LogP contribution is 2.24. The fraction of sp³-hybridized carbons (Fsp3) is 0.462. The summed E-state index contributed by atoms with van der Waals surface area (Å²) >= 11 is 0. The van der Waals surface area contributed by atoms with Gasteiger partial charge < -0.3 is 4.42 Å². The van der Waals surface area contributed by atoms with Gasteiger partial charge in [0.2, 0.25) is 10.0 Å². The third kappa shape index (κ3) is 2.64. The van der Waals surface area contributed by atoms with Crippen molar-refractivity contribution < 1.29 is 12.8 Å². The van der Waals surface area contributed by atoms with Gasteiger partial charge in [0.1, 0.15) is 16.4 Å². The fourth-order valence-corrected chi connectivity index (χ4v) is 3.97. The summed E-state index contributed by atoms with van der Waals surface area (Å²) in [7, 11) is -3.62. The van der Waals surface area contributed by atoms with Gasteiger partial charge in [-0.25, -0.2) is 13.1 Å². The summed E-state index contributed by atoms with van der Waals surface area (Å²) in [5.41, 5.74) is 1.83. The van der Waals surface area contributed by atoms with Gasteiger partial charge in [-0.2, -0.15) is 5.10 Å². The van der Waals surface area contributed by atoms with Crippen LogP contribution < -0.4 is 4.72 Å². The molecule has 2 aromatic rings. The molecule has 2 N–H and O–H groups in total. The normalized spacial score (nSPS) is 13.7. The van der Waals surface area contributed by atoms with Crippen LogP contribution in [0.2, 0.25) is 0 Å². The third-order valence-electron chi connectivity index (χ3n) is 3.21. The summed E-state index contributed by atoms with van der Waals surface area (Å²) < 4.78 is 33.0. The van der Waals surface area contributed by atoms with E-state index in [-0.39, 0.29) is 10.9 Å². The molecule has 0 aromatic carbocycles. The average Bonchev–Trinajstić information content (AvgIpc) is 2.81. The molecule has 0 amide bonds. The summed E-state index contributed by atoms with van der Waals surface area (Å²) in [5, 5.41) is 6.61. The molecule has 20 heavy (non-hydrogen) atoms. The van der Waals surface area contributed by atoms with Crippen molar-refractivity contribution in [3.8, 4) is 0 Å². The second kappa shape index (κ2) is 5.06. The van der Waals surface area contributed by atoms with E-state index in [0.717, 1.165) is 17.1 Å². The van der Waals surface area contributed by atoms with E-state index in [1.54, 1.807) is 20.8 Å². The van der Waals surface area contributed by atoms with Gasteiger partial charge in [0.15, 0.2) is 0 Å². The van der Waals surface area contributed by atoms with Gasteiger partial charge in [-0.3, -0.25) is 5.10 Å². The van der Waals surface area contributed by atoms with Crippen LogP contribution in [-0.2, 0) is 10.0 Å². The molecule has 0 aliphatic heterocycles. The van der Waals surface area contributed by atoms with E-state index >= 15 is 0 Å². The van der Waals surface area contributed by atoms with Gasteiger partial charge in [-0.1, -0.05) is 0 Å². The molecule has 6 nitrogen and oxygen atoms in total. The number of H-pyrrole nitrogens is 1. The van der Waals surface area contributed by atoms with Crippen LogP contribution in [0.25, 0.3) is 0 Å². The molecule has 0 aliphatic carbocycles. The Morgan fingerprint density at radius 3 is 2.40 bits per heavy atom. The molecule has 1 unspecified atom stereocenters. The molecule has 2 rings (SSSR count). The number of hydrogen-bond acceptors (Lipinski definition) is 4. The lowest BCUT2D eigenvalue weighted by atomic mass is 10.1. The first kappa shape index (κ1) is 14.8. The van der Waals surface area contributed by atoms with E-state index in [0.29, 0.717) is 11.4 Å². The topological polar surface area (TPSA) is 88.0 Å². The molecular weight excluding hydrogens is 278 g/mol. The predicted molar refractivity (Wildman–Crippen MR) is 75.0 cm³/mol. The maximum atomic E-state index is 12.4. The Labute approximate surface area is 118 Å². The minimum Gasteiger partial charge on any atom is -0.466 e. The second-order valence-corrected chi connectivity index (χ2v) is 6.63. The predicted octanol–water partition coefficient (Wildman–Crippen LogP) is 2.28. The Morgan fingerprint density at radius 2 is 1.95 bits per heavy atom. The van der Waals surface area contributed by atoms with E-state index in [9.17, 15) is 8.42 Å². The Hall–Kier alpha value is -1.60. The molecule has 2 aromatic heterocycles. The largest absolute Gasteiger partial charge is 0.466 e. The molecule has 2 heterocycles.